The van der Waals surface area contributed by atoms with E-state index in [9.17, 15) is 0 Å². The molecule has 0 radical (unpaired) electrons. The summed E-state index contributed by atoms with van der Waals surface area (Å²) in [5.41, 5.74) is 2.34. The fourth-order valence-corrected chi connectivity index (χ4v) is 3.31. The topological polar surface area (TPSA) is 24.9 Å². The molecular formula is C19H20Cl2N2. The van der Waals surface area contributed by atoms with Crippen LogP contribution in [0, 0.1) is 0 Å². The minimum Gasteiger partial charge on any atom is -0.310 e. The van der Waals surface area contributed by atoms with Crippen LogP contribution in [0.1, 0.15) is 36.4 Å². The zero-order valence-electron chi connectivity index (χ0n) is 12.9. The van der Waals surface area contributed by atoms with E-state index in [0.29, 0.717) is 22.0 Å². The maximum Gasteiger partial charge on any atom is 0.0595 e. The van der Waals surface area contributed by atoms with Crippen molar-refractivity contribution in [2.24, 2.45) is 0 Å². The van der Waals surface area contributed by atoms with Crippen LogP contribution in [0.25, 0.3) is 0 Å². The molecule has 1 aliphatic carbocycles. The molecule has 0 saturated carbocycles. The molecule has 2 unspecified atom stereocenters. The molecule has 1 aliphatic rings. The average molecular weight is 347 g/mol. The lowest BCUT2D eigenvalue weighted by Gasteiger charge is -2.21. The standard InChI is InChI=1S/C19H20Cl2N2/c20-17-9-8-14(11-18(17)21)13-23-16-6-2-1-5-15(12-16)19-7-3-4-10-22-19/h1-4,7-11,15-16,23H,5-6,12-13H2. The van der Waals surface area contributed by atoms with Crippen molar-refractivity contribution in [1.82, 2.24) is 10.3 Å². The number of benzene rings is 1. The van der Waals surface area contributed by atoms with Gasteiger partial charge in [0.05, 0.1) is 10.0 Å². The van der Waals surface area contributed by atoms with Crippen LogP contribution in [0.5, 0.6) is 0 Å². The summed E-state index contributed by atoms with van der Waals surface area (Å²) in [5.74, 6) is 0.473. The molecule has 0 amide bonds. The summed E-state index contributed by atoms with van der Waals surface area (Å²) in [4.78, 5) is 4.52. The highest BCUT2D eigenvalue weighted by molar-refractivity contribution is 6.42. The van der Waals surface area contributed by atoms with E-state index in [1.165, 1.54) is 5.69 Å². The number of hydrogen-bond acceptors (Lipinski definition) is 2. The second kappa shape index (κ2) is 7.96. The summed E-state index contributed by atoms with van der Waals surface area (Å²) in [6, 6.07) is 12.4. The normalized spacial score (nSPS) is 21.1. The number of pyridine rings is 1. The van der Waals surface area contributed by atoms with Crippen molar-refractivity contribution in [1.29, 1.82) is 0 Å². The molecule has 2 nitrogen and oxygen atoms in total. The van der Waals surface area contributed by atoms with E-state index in [1.807, 2.05) is 30.5 Å². The third kappa shape index (κ3) is 4.57. The van der Waals surface area contributed by atoms with Gasteiger partial charge in [0.25, 0.3) is 0 Å². The third-order valence-electron chi connectivity index (χ3n) is 4.26. The van der Waals surface area contributed by atoms with E-state index in [2.05, 4.69) is 34.6 Å². The molecule has 1 N–H and O–H groups in total. The highest BCUT2D eigenvalue weighted by Gasteiger charge is 2.19. The third-order valence-corrected chi connectivity index (χ3v) is 5.00. The van der Waals surface area contributed by atoms with Crippen LogP contribution in [0.2, 0.25) is 10.0 Å². The van der Waals surface area contributed by atoms with Crippen LogP contribution in [0.3, 0.4) is 0 Å². The van der Waals surface area contributed by atoms with E-state index in [1.54, 1.807) is 0 Å². The van der Waals surface area contributed by atoms with Gasteiger partial charge in [-0.1, -0.05) is 47.5 Å². The fraction of sp³-hybridized carbons (Fsp3) is 0.316. The van der Waals surface area contributed by atoms with Crippen LogP contribution in [-0.2, 0) is 6.54 Å². The minimum absolute atomic E-state index is 0.440. The zero-order chi connectivity index (χ0) is 16.1. The molecule has 4 heteroatoms. The Morgan fingerprint density at radius 3 is 2.70 bits per heavy atom. The first-order chi connectivity index (χ1) is 11.2. The lowest BCUT2D eigenvalue weighted by molar-refractivity contribution is 0.445. The van der Waals surface area contributed by atoms with Gasteiger partial charge < -0.3 is 5.32 Å². The van der Waals surface area contributed by atoms with Gasteiger partial charge in [0, 0.05) is 30.4 Å². The Bertz CT molecular complexity index is 670. The number of rotatable bonds is 4. The number of nitrogens with zero attached hydrogens (tertiary/aromatic N) is 1. The van der Waals surface area contributed by atoms with Gasteiger partial charge in [0.15, 0.2) is 0 Å². The molecule has 0 bridgehead atoms. The predicted molar refractivity (Wildman–Crippen MR) is 97.1 cm³/mol. The Morgan fingerprint density at radius 2 is 1.91 bits per heavy atom. The van der Waals surface area contributed by atoms with Gasteiger partial charge in [-0.05, 0) is 49.1 Å². The zero-order valence-corrected chi connectivity index (χ0v) is 14.4. The first kappa shape index (κ1) is 16.5. The van der Waals surface area contributed by atoms with Crippen molar-refractivity contribution < 1.29 is 0 Å². The summed E-state index contributed by atoms with van der Waals surface area (Å²) < 4.78 is 0. The van der Waals surface area contributed by atoms with Gasteiger partial charge in [-0.3, -0.25) is 4.98 Å². The number of aromatic nitrogens is 1. The first-order valence-electron chi connectivity index (χ1n) is 7.95. The lowest BCUT2D eigenvalue weighted by Crippen LogP contribution is -2.29. The van der Waals surface area contributed by atoms with Gasteiger partial charge in [-0.2, -0.15) is 0 Å². The molecule has 2 atom stereocenters. The monoisotopic (exact) mass is 346 g/mol. The number of allylic oxidation sites excluding steroid dienone is 1. The SMILES string of the molecule is Clc1ccc(CNC2CC=CCC(c3ccccn3)C2)cc1Cl. The van der Waals surface area contributed by atoms with E-state index in [-0.39, 0.29) is 0 Å². The maximum atomic E-state index is 6.09. The van der Waals surface area contributed by atoms with E-state index < -0.39 is 0 Å². The average Bonchev–Trinajstić information content (AvgIpc) is 2.82. The number of nitrogens with one attached hydrogen (secondary N) is 1. The molecule has 3 rings (SSSR count). The highest BCUT2D eigenvalue weighted by Crippen LogP contribution is 2.28. The molecule has 0 fully saturated rings. The smallest absolute Gasteiger partial charge is 0.0595 e. The van der Waals surface area contributed by atoms with Crippen molar-refractivity contribution in [3.63, 3.8) is 0 Å². The maximum absolute atomic E-state index is 6.09. The fourth-order valence-electron chi connectivity index (χ4n) is 2.99. The summed E-state index contributed by atoms with van der Waals surface area (Å²) in [5, 5.41) is 4.85. The Morgan fingerprint density at radius 1 is 1.04 bits per heavy atom. The van der Waals surface area contributed by atoms with Crippen molar-refractivity contribution in [3.05, 3.63) is 76.0 Å². The molecule has 2 aromatic rings. The van der Waals surface area contributed by atoms with Gasteiger partial charge in [-0.15, -0.1) is 0 Å². The minimum atomic E-state index is 0.440. The number of hydrogen-bond donors (Lipinski definition) is 1. The van der Waals surface area contributed by atoms with Crippen LogP contribution in [0.15, 0.2) is 54.7 Å². The Labute approximate surface area is 147 Å². The second-order valence-electron chi connectivity index (χ2n) is 5.96. The van der Waals surface area contributed by atoms with Gasteiger partial charge in [-0.25, -0.2) is 0 Å². The van der Waals surface area contributed by atoms with Crippen molar-refractivity contribution >= 4 is 23.2 Å². The molecule has 0 saturated heterocycles. The first-order valence-corrected chi connectivity index (χ1v) is 8.71. The van der Waals surface area contributed by atoms with E-state index in [0.717, 1.165) is 31.4 Å². The summed E-state index contributed by atoms with van der Waals surface area (Å²) >= 11 is 12.1. The van der Waals surface area contributed by atoms with Crippen LogP contribution < -0.4 is 5.32 Å². The van der Waals surface area contributed by atoms with Gasteiger partial charge >= 0.3 is 0 Å². The van der Waals surface area contributed by atoms with Crippen LogP contribution >= 0.6 is 23.2 Å². The largest absolute Gasteiger partial charge is 0.310 e. The van der Waals surface area contributed by atoms with Gasteiger partial charge in [0.2, 0.25) is 0 Å². The Hall–Kier alpha value is -1.35. The van der Waals surface area contributed by atoms with E-state index in [4.69, 9.17) is 23.2 Å². The summed E-state index contributed by atoms with van der Waals surface area (Å²) in [6.07, 6.45) is 9.62. The molecule has 1 heterocycles. The summed E-state index contributed by atoms with van der Waals surface area (Å²) in [7, 11) is 0. The molecule has 1 aromatic heterocycles. The summed E-state index contributed by atoms with van der Waals surface area (Å²) in [6.45, 7) is 0.796. The molecular weight excluding hydrogens is 327 g/mol. The Kier molecular flexibility index (Phi) is 5.71. The molecule has 0 spiro atoms. The van der Waals surface area contributed by atoms with Crippen LogP contribution in [-0.4, -0.2) is 11.0 Å². The Balaban J connectivity index is 1.63. The van der Waals surface area contributed by atoms with Crippen molar-refractivity contribution in [2.45, 2.75) is 37.8 Å². The van der Waals surface area contributed by atoms with Crippen molar-refractivity contribution in [2.75, 3.05) is 0 Å². The van der Waals surface area contributed by atoms with E-state index >= 15 is 0 Å². The molecule has 23 heavy (non-hydrogen) atoms. The molecule has 1 aromatic carbocycles. The van der Waals surface area contributed by atoms with Gasteiger partial charge in [0.1, 0.15) is 0 Å². The molecule has 120 valence electrons. The predicted octanol–water partition coefficient (Wildman–Crippen LogP) is 5.37. The second-order valence-corrected chi connectivity index (χ2v) is 6.77. The molecule has 0 aliphatic heterocycles. The van der Waals surface area contributed by atoms with Crippen LogP contribution in [0.4, 0.5) is 0 Å². The number of halogens is 2. The van der Waals surface area contributed by atoms with Crippen molar-refractivity contribution in [3.8, 4) is 0 Å². The highest BCUT2D eigenvalue weighted by atomic mass is 35.5. The lowest BCUT2D eigenvalue weighted by atomic mass is 9.94. The quantitative estimate of drug-likeness (QED) is 0.752.